The summed E-state index contributed by atoms with van der Waals surface area (Å²) in [6.07, 6.45) is 1.60. The fourth-order valence-electron chi connectivity index (χ4n) is 3.99. The second-order valence-corrected chi connectivity index (χ2v) is 8.31. The molecule has 0 saturated carbocycles. The summed E-state index contributed by atoms with van der Waals surface area (Å²) in [6.45, 7) is 1.72. The number of hydrogen-bond acceptors (Lipinski definition) is 4. The highest BCUT2D eigenvalue weighted by Gasteiger charge is 2.18. The van der Waals surface area contributed by atoms with Gasteiger partial charge in [0.05, 0.1) is 29.4 Å². The molecule has 36 heavy (non-hydrogen) atoms. The topological polar surface area (TPSA) is 88.9 Å². The predicted octanol–water partition coefficient (Wildman–Crippen LogP) is 5.50. The van der Waals surface area contributed by atoms with Gasteiger partial charge in [-0.25, -0.2) is 14.1 Å². The summed E-state index contributed by atoms with van der Waals surface area (Å²) in [5.41, 5.74) is 4.21. The fourth-order valence-corrected chi connectivity index (χ4v) is 3.99. The first kappa shape index (κ1) is 22.9. The van der Waals surface area contributed by atoms with E-state index in [0.29, 0.717) is 40.2 Å². The van der Waals surface area contributed by atoms with Crippen LogP contribution in [0.5, 0.6) is 0 Å². The number of aromatic nitrogens is 3. The molecule has 5 rings (SSSR count). The van der Waals surface area contributed by atoms with Crippen molar-refractivity contribution in [1.82, 2.24) is 14.8 Å². The average molecular weight is 480 g/mol. The number of pyridine rings is 1. The zero-order chi connectivity index (χ0) is 25.1. The minimum Gasteiger partial charge on any atom is -0.326 e. The Morgan fingerprint density at radius 2 is 1.64 bits per heavy atom. The standard InChI is InChI=1S/C28H22FN5O2/c1-18(35)31-22-11-6-12-23(14-22)32-28(36)24-15-26(20-8-3-2-4-9-20)33-27-25(24)16-30-34(27)17-19-7-5-10-21(29)13-19/h2-16H,17H2,1H3,(H,31,35)(H,32,36). The SMILES string of the molecule is CC(=O)Nc1cccc(NC(=O)c2cc(-c3ccccc3)nc3c2cnn3Cc2cccc(F)c2)c1. The lowest BCUT2D eigenvalue weighted by molar-refractivity contribution is -0.114. The Morgan fingerprint density at radius 3 is 2.39 bits per heavy atom. The molecule has 0 aliphatic heterocycles. The number of carbonyl (C=O) groups excluding carboxylic acids is 2. The van der Waals surface area contributed by atoms with Gasteiger partial charge >= 0.3 is 0 Å². The summed E-state index contributed by atoms with van der Waals surface area (Å²) in [5, 5.41) is 10.6. The summed E-state index contributed by atoms with van der Waals surface area (Å²) in [4.78, 5) is 29.6. The van der Waals surface area contributed by atoms with Crippen LogP contribution in [0.4, 0.5) is 15.8 Å². The highest BCUT2D eigenvalue weighted by Crippen LogP contribution is 2.26. The van der Waals surface area contributed by atoms with E-state index in [1.165, 1.54) is 19.1 Å². The van der Waals surface area contributed by atoms with E-state index in [0.717, 1.165) is 11.1 Å². The molecule has 2 aromatic heterocycles. The van der Waals surface area contributed by atoms with Crippen LogP contribution in [0.25, 0.3) is 22.3 Å². The molecular weight excluding hydrogens is 457 g/mol. The van der Waals surface area contributed by atoms with Gasteiger partial charge in [0.2, 0.25) is 5.91 Å². The number of halogens is 1. The maximum absolute atomic E-state index is 13.7. The van der Waals surface area contributed by atoms with E-state index in [9.17, 15) is 14.0 Å². The zero-order valence-electron chi connectivity index (χ0n) is 19.4. The molecule has 0 spiro atoms. The molecule has 0 saturated heterocycles. The van der Waals surface area contributed by atoms with Crippen LogP contribution in [0.1, 0.15) is 22.8 Å². The Bertz CT molecular complexity index is 1580. The summed E-state index contributed by atoms with van der Waals surface area (Å²) in [6, 6.07) is 24.5. The van der Waals surface area contributed by atoms with E-state index in [1.54, 1.807) is 47.3 Å². The first-order valence-corrected chi connectivity index (χ1v) is 11.3. The van der Waals surface area contributed by atoms with Crippen molar-refractivity contribution in [3.05, 3.63) is 108 Å². The van der Waals surface area contributed by atoms with Crippen molar-refractivity contribution in [2.45, 2.75) is 13.5 Å². The van der Waals surface area contributed by atoms with Crippen LogP contribution in [0.2, 0.25) is 0 Å². The number of fused-ring (bicyclic) bond motifs is 1. The number of anilines is 2. The Labute approximate surface area is 206 Å². The number of carbonyl (C=O) groups is 2. The van der Waals surface area contributed by atoms with Crippen LogP contribution in [0, 0.1) is 5.82 Å². The van der Waals surface area contributed by atoms with Crippen molar-refractivity contribution >= 4 is 34.2 Å². The monoisotopic (exact) mass is 479 g/mol. The smallest absolute Gasteiger partial charge is 0.256 e. The number of rotatable bonds is 6. The van der Waals surface area contributed by atoms with Gasteiger partial charge in [0.1, 0.15) is 5.82 Å². The molecule has 2 amide bonds. The molecule has 0 aliphatic rings. The zero-order valence-corrected chi connectivity index (χ0v) is 19.4. The molecule has 178 valence electrons. The summed E-state index contributed by atoms with van der Waals surface area (Å²) < 4.78 is 15.4. The van der Waals surface area contributed by atoms with Gasteiger partial charge in [-0.1, -0.05) is 48.5 Å². The molecule has 7 nitrogen and oxygen atoms in total. The van der Waals surface area contributed by atoms with Crippen LogP contribution < -0.4 is 10.6 Å². The van der Waals surface area contributed by atoms with Crippen LogP contribution in [-0.4, -0.2) is 26.6 Å². The molecule has 0 bridgehead atoms. The van der Waals surface area contributed by atoms with E-state index >= 15 is 0 Å². The number of amides is 2. The third-order valence-corrected chi connectivity index (χ3v) is 5.59. The predicted molar refractivity (Wildman–Crippen MR) is 137 cm³/mol. The van der Waals surface area contributed by atoms with E-state index in [4.69, 9.17) is 4.98 Å². The van der Waals surface area contributed by atoms with E-state index in [1.807, 2.05) is 36.4 Å². The highest BCUT2D eigenvalue weighted by atomic mass is 19.1. The van der Waals surface area contributed by atoms with Crippen LogP contribution in [0.3, 0.4) is 0 Å². The van der Waals surface area contributed by atoms with E-state index in [-0.39, 0.29) is 17.6 Å². The van der Waals surface area contributed by atoms with Crippen LogP contribution >= 0.6 is 0 Å². The number of nitrogens with zero attached hydrogens (tertiary/aromatic N) is 3. The van der Waals surface area contributed by atoms with Crippen molar-refractivity contribution < 1.29 is 14.0 Å². The number of hydrogen-bond donors (Lipinski definition) is 2. The molecule has 0 fully saturated rings. The molecule has 2 N–H and O–H groups in total. The van der Waals surface area contributed by atoms with Crippen molar-refractivity contribution in [2.24, 2.45) is 0 Å². The molecule has 0 unspecified atom stereocenters. The third kappa shape index (κ3) is 4.97. The Hall–Kier alpha value is -4.85. The molecule has 3 aromatic carbocycles. The van der Waals surface area contributed by atoms with Crippen molar-refractivity contribution in [2.75, 3.05) is 10.6 Å². The van der Waals surface area contributed by atoms with Gasteiger partial charge in [-0.05, 0) is 42.0 Å². The summed E-state index contributed by atoms with van der Waals surface area (Å²) in [7, 11) is 0. The van der Waals surface area contributed by atoms with E-state index in [2.05, 4.69) is 15.7 Å². The second-order valence-electron chi connectivity index (χ2n) is 8.31. The summed E-state index contributed by atoms with van der Waals surface area (Å²) in [5.74, 6) is -0.874. The van der Waals surface area contributed by atoms with Crippen LogP contribution in [-0.2, 0) is 11.3 Å². The van der Waals surface area contributed by atoms with Gasteiger partial charge in [0.25, 0.3) is 5.91 Å². The fraction of sp³-hybridized carbons (Fsp3) is 0.0714. The van der Waals surface area contributed by atoms with E-state index < -0.39 is 0 Å². The van der Waals surface area contributed by atoms with Crippen molar-refractivity contribution in [3.63, 3.8) is 0 Å². The van der Waals surface area contributed by atoms with Crippen molar-refractivity contribution in [1.29, 1.82) is 0 Å². The lowest BCUT2D eigenvalue weighted by Crippen LogP contribution is -2.14. The number of benzene rings is 3. The third-order valence-electron chi connectivity index (χ3n) is 5.59. The lowest BCUT2D eigenvalue weighted by atomic mass is 10.1. The number of nitrogens with one attached hydrogen (secondary N) is 2. The molecule has 0 atom stereocenters. The Balaban J connectivity index is 1.56. The minimum atomic E-state index is -0.343. The van der Waals surface area contributed by atoms with Crippen molar-refractivity contribution in [3.8, 4) is 11.3 Å². The maximum Gasteiger partial charge on any atom is 0.256 e. The van der Waals surface area contributed by atoms with Gasteiger partial charge in [-0.3, -0.25) is 9.59 Å². The molecule has 0 aliphatic carbocycles. The normalized spacial score (nSPS) is 10.8. The van der Waals surface area contributed by atoms with Gasteiger partial charge in [0.15, 0.2) is 5.65 Å². The maximum atomic E-state index is 13.7. The largest absolute Gasteiger partial charge is 0.326 e. The van der Waals surface area contributed by atoms with Crippen LogP contribution in [0.15, 0.2) is 91.1 Å². The molecule has 0 radical (unpaired) electrons. The van der Waals surface area contributed by atoms with Gasteiger partial charge in [-0.15, -0.1) is 0 Å². The average Bonchev–Trinajstić information content (AvgIpc) is 3.26. The van der Waals surface area contributed by atoms with Gasteiger partial charge in [-0.2, -0.15) is 5.10 Å². The Kier molecular flexibility index (Phi) is 6.23. The highest BCUT2D eigenvalue weighted by molar-refractivity contribution is 6.12. The first-order chi connectivity index (χ1) is 17.5. The minimum absolute atomic E-state index is 0.201. The lowest BCUT2D eigenvalue weighted by Gasteiger charge is -2.11. The summed E-state index contributed by atoms with van der Waals surface area (Å²) >= 11 is 0. The van der Waals surface area contributed by atoms with Gasteiger partial charge < -0.3 is 10.6 Å². The molecule has 8 heteroatoms. The Morgan fingerprint density at radius 1 is 0.889 bits per heavy atom. The molecule has 2 heterocycles. The van der Waals surface area contributed by atoms with Gasteiger partial charge in [0, 0.05) is 23.9 Å². The first-order valence-electron chi connectivity index (χ1n) is 11.3. The molecule has 5 aromatic rings. The molecular formula is C28H22FN5O2. The quantitative estimate of drug-likeness (QED) is 0.337. The second kappa shape index (κ2) is 9.79.